The van der Waals surface area contributed by atoms with Crippen LogP contribution in [0.15, 0.2) is 18.2 Å². The zero-order chi connectivity index (χ0) is 16.1. The standard InChI is InChI=1S/C6H3N3O6.H2O4S/c10-7(11)4-2-1-3-5(8(12)13)6(4)9(14)15;1-5(2,3)4/h1-3H;(H2,1,2,3,4)/p-2. The third kappa shape index (κ3) is 5.76. The van der Waals surface area contributed by atoms with Gasteiger partial charge in [-0.25, -0.2) is 0 Å². The van der Waals surface area contributed by atoms with E-state index in [0.717, 1.165) is 18.2 Å². The minimum absolute atomic E-state index is 0.838. The van der Waals surface area contributed by atoms with E-state index in [1.165, 1.54) is 0 Å². The van der Waals surface area contributed by atoms with Gasteiger partial charge in [0, 0.05) is 22.5 Å². The molecule has 13 nitrogen and oxygen atoms in total. The van der Waals surface area contributed by atoms with Crippen molar-refractivity contribution in [3.8, 4) is 0 Å². The predicted octanol–water partition coefficient (Wildman–Crippen LogP) is 0.0732. The molecule has 1 aromatic rings. The summed E-state index contributed by atoms with van der Waals surface area (Å²) in [7, 11) is -5.17. The first-order chi connectivity index (χ1) is 8.95. The molecule has 1 aromatic carbocycles. The first-order valence-electron chi connectivity index (χ1n) is 4.18. The Morgan fingerprint density at radius 1 is 0.800 bits per heavy atom. The highest BCUT2D eigenvalue weighted by Crippen LogP contribution is 2.35. The molecule has 0 amide bonds. The van der Waals surface area contributed by atoms with Crippen LogP contribution in [0.4, 0.5) is 17.1 Å². The Labute approximate surface area is 109 Å². The normalized spacial score (nSPS) is 10.1. The van der Waals surface area contributed by atoms with Crippen LogP contribution in [0.1, 0.15) is 0 Å². The molecule has 1 rings (SSSR count). The third-order valence-electron chi connectivity index (χ3n) is 1.57. The molecule has 0 unspecified atom stereocenters. The van der Waals surface area contributed by atoms with Gasteiger partial charge in [-0.15, -0.1) is 0 Å². The Bertz CT molecular complexity index is 613. The number of para-hydroxylation sites is 1. The molecule has 0 saturated carbocycles. The minimum Gasteiger partial charge on any atom is -0.759 e. The van der Waals surface area contributed by atoms with Gasteiger partial charge in [-0.2, -0.15) is 0 Å². The highest BCUT2D eigenvalue weighted by atomic mass is 32.3. The number of nitro groups is 3. The van der Waals surface area contributed by atoms with E-state index in [2.05, 4.69) is 0 Å². The van der Waals surface area contributed by atoms with Crippen molar-refractivity contribution < 1.29 is 32.3 Å². The van der Waals surface area contributed by atoms with Crippen molar-refractivity contribution in [1.82, 2.24) is 0 Å². The highest BCUT2D eigenvalue weighted by Gasteiger charge is 2.34. The lowest BCUT2D eigenvalue weighted by Gasteiger charge is -2.06. The van der Waals surface area contributed by atoms with Crippen LogP contribution in [0, 0.1) is 30.3 Å². The van der Waals surface area contributed by atoms with Crippen LogP contribution in [0.5, 0.6) is 0 Å². The predicted molar refractivity (Wildman–Crippen MR) is 56.9 cm³/mol. The van der Waals surface area contributed by atoms with Gasteiger partial charge in [-0.05, 0) is 6.07 Å². The monoisotopic (exact) mass is 309 g/mol. The summed E-state index contributed by atoms with van der Waals surface area (Å²) in [5, 5.41) is 31.2. The molecule has 0 radical (unpaired) electrons. The highest BCUT2D eigenvalue weighted by molar-refractivity contribution is 7.79. The number of benzene rings is 1. The quantitative estimate of drug-likeness (QED) is 0.317. The van der Waals surface area contributed by atoms with Crippen LogP contribution in [0.2, 0.25) is 0 Å². The molecule has 0 spiro atoms. The molecule has 0 N–H and O–H groups in total. The van der Waals surface area contributed by atoms with E-state index in [1.807, 2.05) is 0 Å². The Morgan fingerprint density at radius 3 is 1.30 bits per heavy atom. The summed E-state index contributed by atoms with van der Waals surface area (Å²) < 4.78 is 34.1. The first kappa shape index (κ1) is 17.3. The molecule has 0 aliphatic carbocycles. The number of rotatable bonds is 3. The van der Waals surface area contributed by atoms with Crippen molar-refractivity contribution in [2.24, 2.45) is 0 Å². The maximum absolute atomic E-state index is 10.4. The van der Waals surface area contributed by atoms with Crippen LogP contribution in [-0.2, 0) is 10.4 Å². The lowest BCUT2D eigenvalue weighted by atomic mass is 10.2. The number of hydrogen-bond donors (Lipinski definition) is 0. The van der Waals surface area contributed by atoms with Gasteiger partial charge in [0.25, 0.3) is 0 Å². The van der Waals surface area contributed by atoms with Gasteiger partial charge >= 0.3 is 17.1 Å². The van der Waals surface area contributed by atoms with Crippen LogP contribution < -0.4 is 0 Å². The maximum atomic E-state index is 10.4. The average Bonchev–Trinajstić information content (AvgIpc) is 2.25. The molecule has 0 aliphatic heterocycles. The molecule has 14 heteroatoms. The average molecular weight is 309 g/mol. The van der Waals surface area contributed by atoms with Crippen molar-refractivity contribution in [1.29, 1.82) is 0 Å². The summed E-state index contributed by atoms with van der Waals surface area (Å²) in [6.45, 7) is 0. The molecule has 0 bridgehead atoms. The van der Waals surface area contributed by atoms with Crippen molar-refractivity contribution >= 4 is 27.5 Å². The summed E-state index contributed by atoms with van der Waals surface area (Å²) >= 11 is 0. The zero-order valence-corrected chi connectivity index (χ0v) is 9.88. The molecule has 0 heterocycles. The van der Waals surface area contributed by atoms with E-state index in [9.17, 15) is 30.3 Å². The lowest BCUT2D eigenvalue weighted by Crippen LogP contribution is -2.00. The summed E-state index contributed by atoms with van der Waals surface area (Å²) in [6.07, 6.45) is 0. The van der Waals surface area contributed by atoms with Crippen LogP contribution in [0.3, 0.4) is 0 Å². The summed E-state index contributed by atoms with van der Waals surface area (Å²) in [5.74, 6) is 0. The van der Waals surface area contributed by atoms with Gasteiger partial charge in [0.15, 0.2) is 0 Å². The molecule has 0 atom stereocenters. The summed E-state index contributed by atoms with van der Waals surface area (Å²) in [5.41, 5.74) is -2.89. The molecular weight excluding hydrogens is 306 g/mol. The number of nitrogens with zero attached hydrogens (tertiary/aromatic N) is 3. The molecular formula is C6H3N3O10S-2. The van der Waals surface area contributed by atoms with E-state index >= 15 is 0 Å². The van der Waals surface area contributed by atoms with Gasteiger partial charge in [0.2, 0.25) is 0 Å². The number of hydrogen-bond acceptors (Lipinski definition) is 10. The zero-order valence-electron chi connectivity index (χ0n) is 9.06. The van der Waals surface area contributed by atoms with Gasteiger partial charge in [-0.3, -0.25) is 38.8 Å². The van der Waals surface area contributed by atoms with Crippen molar-refractivity contribution in [3.63, 3.8) is 0 Å². The van der Waals surface area contributed by atoms with Gasteiger partial charge in [-0.1, -0.05) is 0 Å². The second kappa shape index (κ2) is 6.45. The van der Waals surface area contributed by atoms with E-state index in [1.54, 1.807) is 0 Å². The SMILES string of the molecule is O=S(=O)([O-])[O-].O=[N+]([O-])c1cccc([N+](=O)[O-])c1[N+](=O)[O-]. The summed E-state index contributed by atoms with van der Waals surface area (Å²) in [6, 6.07) is 2.69. The fourth-order valence-electron chi connectivity index (χ4n) is 1.00. The molecule has 0 fully saturated rings. The van der Waals surface area contributed by atoms with Crippen LogP contribution in [0.25, 0.3) is 0 Å². The van der Waals surface area contributed by atoms with E-state index in [0.29, 0.717) is 0 Å². The second-order valence-corrected chi connectivity index (χ2v) is 3.64. The Kier molecular flexibility index (Phi) is 5.58. The second-order valence-electron chi connectivity index (χ2n) is 2.82. The molecule has 20 heavy (non-hydrogen) atoms. The Hall–Kier alpha value is -2.71. The van der Waals surface area contributed by atoms with Crippen LogP contribution >= 0.6 is 0 Å². The number of nitro benzene ring substituents is 3. The first-order valence-corrected chi connectivity index (χ1v) is 5.51. The van der Waals surface area contributed by atoms with E-state index in [-0.39, 0.29) is 0 Å². The molecule has 110 valence electrons. The van der Waals surface area contributed by atoms with Crippen molar-refractivity contribution in [3.05, 3.63) is 48.5 Å². The molecule has 0 aliphatic rings. The van der Waals surface area contributed by atoms with Gasteiger partial charge < -0.3 is 9.11 Å². The topological polar surface area (TPSA) is 210 Å². The van der Waals surface area contributed by atoms with E-state index < -0.39 is 42.2 Å². The molecule has 0 aromatic heterocycles. The molecule has 0 saturated heterocycles. The Morgan fingerprint density at radius 2 is 1.10 bits per heavy atom. The van der Waals surface area contributed by atoms with Gasteiger partial charge in [0.05, 0.1) is 14.8 Å². The lowest BCUT2D eigenvalue weighted by molar-refractivity contribution is -0.441. The third-order valence-corrected chi connectivity index (χ3v) is 1.57. The van der Waals surface area contributed by atoms with Crippen LogP contribution in [-0.4, -0.2) is 32.3 Å². The smallest absolute Gasteiger partial charge is 0.422 e. The summed E-state index contributed by atoms with van der Waals surface area (Å²) in [4.78, 5) is 28.0. The van der Waals surface area contributed by atoms with Crippen molar-refractivity contribution in [2.75, 3.05) is 0 Å². The van der Waals surface area contributed by atoms with Gasteiger partial charge in [0.1, 0.15) is 0 Å². The van der Waals surface area contributed by atoms with E-state index in [4.69, 9.17) is 17.5 Å². The van der Waals surface area contributed by atoms with Crippen molar-refractivity contribution in [2.45, 2.75) is 0 Å². The maximum Gasteiger partial charge on any atom is 0.422 e. The largest absolute Gasteiger partial charge is 0.759 e. The fraction of sp³-hybridized carbons (Fsp3) is 0. The minimum atomic E-state index is -5.17. The Balaban J connectivity index is 0.000000621. The fourth-order valence-corrected chi connectivity index (χ4v) is 1.00.